The molecule has 1 aliphatic heterocycles. The molecule has 1 atom stereocenters. The zero-order valence-electron chi connectivity index (χ0n) is 14.7. The highest BCUT2D eigenvalue weighted by atomic mass is 16.5. The number of carbonyl (C=O) groups excluding carboxylic acids is 2. The molecule has 25 heavy (non-hydrogen) atoms. The Balaban J connectivity index is 1.94. The van der Waals surface area contributed by atoms with Gasteiger partial charge in [0.15, 0.2) is 6.10 Å². The third-order valence-electron chi connectivity index (χ3n) is 4.23. The van der Waals surface area contributed by atoms with Crippen molar-refractivity contribution in [2.45, 2.75) is 39.8 Å². The highest BCUT2D eigenvalue weighted by Crippen LogP contribution is 2.37. The predicted octanol–water partition coefficient (Wildman–Crippen LogP) is 3.66. The van der Waals surface area contributed by atoms with E-state index < -0.39 is 6.10 Å². The standard InChI is InChI=1S/C20H22N2O3/c1-4-19(23)21-16-9-10-18-17(11-16)22(20(24)14(3)25-18)12-15-7-5-13(2)6-8-15/h5-11,14H,4,12H2,1-3H3,(H,21,23). The van der Waals surface area contributed by atoms with Crippen molar-refractivity contribution in [1.29, 1.82) is 0 Å². The van der Waals surface area contributed by atoms with Gasteiger partial charge in [0.2, 0.25) is 5.91 Å². The van der Waals surface area contributed by atoms with Crippen LogP contribution in [0.5, 0.6) is 5.75 Å². The minimum atomic E-state index is -0.533. The van der Waals surface area contributed by atoms with Crippen LogP contribution in [0.25, 0.3) is 0 Å². The number of rotatable bonds is 4. The number of benzene rings is 2. The van der Waals surface area contributed by atoms with Crippen molar-refractivity contribution in [1.82, 2.24) is 0 Å². The third kappa shape index (κ3) is 3.65. The average molecular weight is 338 g/mol. The van der Waals surface area contributed by atoms with Crippen molar-refractivity contribution >= 4 is 23.2 Å². The van der Waals surface area contributed by atoms with Crippen LogP contribution in [0.3, 0.4) is 0 Å². The maximum absolute atomic E-state index is 12.7. The van der Waals surface area contributed by atoms with Crippen molar-refractivity contribution in [2.24, 2.45) is 0 Å². The van der Waals surface area contributed by atoms with Gasteiger partial charge in [-0.25, -0.2) is 0 Å². The molecule has 1 heterocycles. The number of hydrogen-bond donors (Lipinski definition) is 1. The Morgan fingerprint density at radius 1 is 1.20 bits per heavy atom. The van der Waals surface area contributed by atoms with Gasteiger partial charge in [-0.1, -0.05) is 36.8 Å². The number of anilines is 2. The van der Waals surface area contributed by atoms with Gasteiger partial charge in [-0.2, -0.15) is 0 Å². The van der Waals surface area contributed by atoms with E-state index in [1.807, 2.05) is 31.2 Å². The first-order chi connectivity index (χ1) is 12.0. The van der Waals surface area contributed by atoms with E-state index in [0.717, 1.165) is 5.56 Å². The lowest BCUT2D eigenvalue weighted by Crippen LogP contribution is -2.44. The smallest absolute Gasteiger partial charge is 0.268 e. The van der Waals surface area contributed by atoms with Gasteiger partial charge in [0.25, 0.3) is 5.91 Å². The van der Waals surface area contributed by atoms with E-state index >= 15 is 0 Å². The number of fused-ring (bicyclic) bond motifs is 1. The molecule has 0 saturated carbocycles. The predicted molar refractivity (Wildman–Crippen MR) is 97.8 cm³/mol. The Labute approximate surface area is 147 Å². The number of nitrogens with zero attached hydrogens (tertiary/aromatic N) is 1. The quantitative estimate of drug-likeness (QED) is 0.925. The molecule has 1 N–H and O–H groups in total. The number of ether oxygens (including phenoxy) is 1. The van der Waals surface area contributed by atoms with Crippen LogP contribution in [0.15, 0.2) is 42.5 Å². The van der Waals surface area contributed by atoms with E-state index in [1.165, 1.54) is 5.56 Å². The van der Waals surface area contributed by atoms with Crippen LogP contribution >= 0.6 is 0 Å². The Morgan fingerprint density at radius 3 is 2.60 bits per heavy atom. The van der Waals surface area contributed by atoms with Gasteiger partial charge < -0.3 is 15.0 Å². The fourth-order valence-corrected chi connectivity index (χ4v) is 2.77. The Kier molecular flexibility index (Phi) is 4.74. The first kappa shape index (κ1) is 17.0. The zero-order chi connectivity index (χ0) is 18.0. The van der Waals surface area contributed by atoms with Crippen LogP contribution in [-0.2, 0) is 16.1 Å². The van der Waals surface area contributed by atoms with Crippen molar-refractivity contribution < 1.29 is 14.3 Å². The summed E-state index contributed by atoms with van der Waals surface area (Å²) in [4.78, 5) is 26.0. The van der Waals surface area contributed by atoms with Crippen molar-refractivity contribution in [3.63, 3.8) is 0 Å². The summed E-state index contributed by atoms with van der Waals surface area (Å²) >= 11 is 0. The summed E-state index contributed by atoms with van der Waals surface area (Å²) in [6.07, 6.45) is -0.134. The number of aryl methyl sites for hydroxylation is 1. The van der Waals surface area contributed by atoms with E-state index in [1.54, 1.807) is 36.9 Å². The van der Waals surface area contributed by atoms with Gasteiger partial charge in [0.1, 0.15) is 5.75 Å². The molecule has 0 radical (unpaired) electrons. The van der Waals surface area contributed by atoms with Gasteiger partial charge in [0, 0.05) is 12.1 Å². The van der Waals surface area contributed by atoms with Crippen LogP contribution in [-0.4, -0.2) is 17.9 Å². The molecule has 5 heteroatoms. The molecular formula is C20H22N2O3. The van der Waals surface area contributed by atoms with Gasteiger partial charge in [-0.15, -0.1) is 0 Å². The minimum absolute atomic E-state index is 0.0681. The molecule has 2 amide bonds. The van der Waals surface area contributed by atoms with Crippen LogP contribution in [0.2, 0.25) is 0 Å². The number of nitrogens with one attached hydrogen (secondary N) is 1. The van der Waals surface area contributed by atoms with Crippen LogP contribution in [0, 0.1) is 6.92 Å². The average Bonchev–Trinajstić information content (AvgIpc) is 2.61. The molecular weight excluding hydrogens is 316 g/mol. The first-order valence-corrected chi connectivity index (χ1v) is 8.45. The SMILES string of the molecule is CCC(=O)Nc1ccc2c(c1)N(Cc1ccc(C)cc1)C(=O)C(C)O2. The lowest BCUT2D eigenvalue weighted by atomic mass is 10.1. The topological polar surface area (TPSA) is 58.6 Å². The van der Waals surface area contributed by atoms with Crippen molar-refractivity contribution in [2.75, 3.05) is 10.2 Å². The second-order valence-corrected chi connectivity index (χ2v) is 6.25. The molecule has 1 unspecified atom stereocenters. The largest absolute Gasteiger partial charge is 0.479 e. The lowest BCUT2D eigenvalue weighted by Gasteiger charge is -2.33. The molecule has 3 rings (SSSR count). The van der Waals surface area contributed by atoms with E-state index in [0.29, 0.717) is 30.1 Å². The lowest BCUT2D eigenvalue weighted by molar-refractivity contribution is -0.125. The summed E-state index contributed by atoms with van der Waals surface area (Å²) in [6.45, 7) is 6.04. The zero-order valence-corrected chi connectivity index (χ0v) is 14.7. The molecule has 0 fully saturated rings. The van der Waals surface area contributed by atoms with E-state index in [4.69, 9.17) is 4.74 Å². The summed E-state index contributed by atoms with van der Waals surface area (Å²) in [7, 11) is 0. The number of amides is 2. The molecule has 5 nitrogen and oxygen atoms in total. The second kappa shape index (κ2) is 6.97. The Morgan fingerprint density at radius 2 is 1.92 bits per heavy atom. The molecule has 0 bridgehead atoms. The van der Waals surface area contributed by atoms with Crippen molar-refractivity contribution in [3.8, 4) is 5.75 Å². The molecule has 0 spiro atoms. The Hall–Kier alpha value is -2.82. The summed E-state index contributed by atoms with van der Waals surface area (Å²) in [5.74, 6) is 0.488. The highest BCUT2D eigenvalue weighted by molar-refractivity contribution is 6.01. The third-order valence-corrected chi connectivity index (χ3v) is 4.23. The molecule has 0 aliphatic carbocycles. The molecule has 0 aromatic heterocycles. The van der Waals surface area contributed by atoms with Crippen LogP contribution in [0.4, 0.5) is 11.4 Å². The number of carbonyl (C=O) groups is 2. The molecule has 2 aromatic carbocycles. The molecule has 1 aliphatic rings. The maximum atomic E-state index is 12.7. The summed E-state index contributed by atoms with van der Waals surface area (Å²) in [6, 6.07) is 13.5. The minimum Gasteiger partial charge on any atom is -0.479 e. The normalized spacial score (nSPS) is 16.2. The van der Waals surface area contributed by atoms with E-state index in [-0.39, 0.29) is 11.8 Å². The van der Waals surface area contributed by atoms with Gasteiger partial charge in [0.05, 0.1) is 12.2 Å². The monoisotopic (exact) mass is 338 g/mol. The van der Waals surface area contributed by atoms with E-state index in [2.05, 4.69) is 5.32 Å². The maximum Gasteiger partial charge on any atom is 0.268 e. The van der Waals surface area contributed by atoms with Crippen LogP contribution < -0.4 is 15.0 Å². The van der Waals surface area contributed by atoms with Gasteiger partial charge in [-0.3, -0.25) is 9.59 Å². The highest BCUT2D eigenvalue weighted by Gasteiger charge is 2.31. The summed E-state index contributed by atoms with van der Waals surface area (Å²) < 4.78 is 5.71. The van der Waals surface area contributed by atoms with E-state index in [9.17, 15) is 9.59 Å². The molecule has 2 aromatic rings. The van der Waals surface area contributed by atoms with Gasteiger partial charge in [-0.05, 0) is 37.6 Å². The van der Waals surface area contributed by atoms with Crippen LogP contribution in [0.1, 0.15) is 31.4 Å². The van der Waals surface area contributed by atoms with Gasteiger partial charge >= 0.3 is 0 Å². The van der Waals surface area contributed by atoms with Crippen molar-refractivity contribution in [3.05, 3.63) is 53.6 Å². The number of hydrogen-bond acceptors (Lipinski definition) is 3. The molecule has 0 saturated heterocycles. The fraction of sp³-hybridized carbons (Fsp3) is 0.300. The fourth-order valence-electron chi connectivity index (χ4n) is 2.77. The first-order valence-electron chi connectivity index (χ1n) is 8.45. The second-order valence-electron chi connectivity index (χ2n) is 6.25. The Bertz CT molecular complexity index is 799. The molecule has 130 valence electrons. The summed E-state index contributed by atoms with van der Waals surface area (Å²) in [5.41, 5.74) is 3.56. The summed E-state index contributed by atoms with van der Waals surface area (Å²) in [5, 5.41) is 2.83.